The first-order chi connectivity index (χ1) is 36.2. The molecule has 0 rings (SSSR count). The largest absolute Gasteiger partial charge is 0.379 e. The van der Waals surface area contributed by atoms with Gasteiger partial charge in [0.15, 0.2) is 0 Å². The third kappa shape index (κ3) is 54.2. The van der Waals surface area contributed by atoms with Crippen LogP contribution in [0.5, 0.6) is 0 Å². The molecule has 0 aliphatic rings. The van der Waals surface area contributed by atoms with E-state index in [9.17, 15) is 4.57 Å². The van der Waals surface area contributed by atoms with Crippen LogP contribution in [0.25, 0.3) is 0 Å². The van der Waals surface area contributed by atoms with Gasteiger partial charge in [-0.05, 0) is 80.5 Å². The van der Waals surface area contributed by atoms with Crippen molar-refractivity contribution in [2.45, 2.75) is 224 Å². The lowest BCUT2D eigenvalue weighted by molar-refractivity contribution is -0.0723. The van der Waals surface area contributed by atoms with E-state index < -0.39 is 7.60 Å². The normalized spacial score (nSPS) is 15.2. The van der Waals surface area contributed by atoms with Gasteiger partial charge in [0.1, 0.15) is 6.10 Å². The summed E-state index contributed by atoms with van der Waals surface area (Å²) in [6, 6.07) is 0. The fourth-order valence-electron chi connectivity index (χ4n) is 9.41. The van der Waals surface area contributed by atoms with Crippen LogP contribution in [0.2, 0.25) is 0 Å². The molecule has 7 unspecified atom stereocenters. The molecule has 12 nitrogen and oxygen atoms in total. The Bertz CT molecular complexity index is 1190. The highest BCUT2D eigenvalue weighted by Crippen LogP contribution is 2.48. The second kappa shape index (κ2) is 54.4. The van der Waals surface area contributed by atoms with E-state index in [1.54, 1.807) is 0 Å². The second-order valence-electron chi connectivity index (χ2n) is 23.4. The molecule has 75 heavy (non-hydrogen) atoms. The van der Waals surface area contributed by atoms with Gasteiger partial charge in [0.2, 0.25) is 0 Å². The summed E-state index contributed by atoms with van der Waals surface area (Å²) in [5.41, 5.74) is 0. The molecular formula is C62H127O12P. The van der Waals surface area contributed by atoms with Gasteiger partial charge in [-0.25, -0.2) is 0 Å². The minimum absolute atomic E-state index is 0.0786. The van der Waals surface area contributed by atoms with Crippen LogP contribution in [0.15, 0.2) is 0 Å². The van der Waals surface area contributed by atoms with E-state index in [0.717, 1.165) is 61.6 Å². The van der Waals surface area contributed by atoms with Crippen molar-refractivity contribution < 1.29 is 56.2 Å². The summed E-state index contributed by atoms with van der Waals surface area (Å²) < 4.78 is 75.6. The van der Waals surface area contributed by atoms with Crippen molar-refractivity contribution in [2.24, 2.45) is 47.3 Å². The van der Waals surface area contributed by atoms with Crippen LogP contribution in [0.4, 0.5) is 0 Å². The van der Waals surface area contributed by atoms with Gasteiger partial charge in [-0.2, -0.15) is 0 Å². The molecular weight excluding hydrogens is 968 g/mol. The lowest BCUT2D eigenvalue weighted by Gasteiger charge is -2.21. The van der Waals surface area contributed by atoms with Gasteiger partial charge in [-0.1, -0.05) is 185 Å². The van der Waals surface area contributed by atoms with Gasteiger partial charge >= 0.3 is 7.60 Å². The predicted molar refractivity (Wildman–Crippen MR) is 314 cm³/mol. The fourth-order valence-corrected chi connectivity index (χ4v) is 11.0. The zero-order valence-corrected chi connectivity index (χ0v) is 52.4. The van der Waals surface area contributed by atoms with E-state index in [4.69, 9.17) is 51.7 Å². The van der Waals surface area contributed by atoms with Crippen molar-refractivity contribution in [2.75, 3.05) is 132 Å². The molecule has 0 aromatic heterocycles. The van der Waals surface area contributed by atoms with Crippen LogP contribution in [0, 0.1) is 47.3 Å². The Labute approximate surface area is 465 Å². The van der Waals surface area contributed by atoms with Crippen LogP contribution in [-0.2, 0) is 56.2 Å². The molecule has 0 amide bonds. The molecule has 0 bridgehead atoms. The average Bonchev–Trinajstić information content (AvgIpc) is 3.35. The Morgan fingerprint density at radius 2 is 0.560 bits per heavy atom. The number of hydrogen-bond acceptors (Lipinski definition) is 12. The smallest absolute Gasteiger partial charge is 0.330 e. The third-order valence-electron chi connectivity index (χ3n) is 14.5. The predicted octanol–water partition coefficient (Wildman–Crippen LogP) is 16.1. The molecule has 452 valence electrons. The lowest BCUT2D eigenvalue weighted by Crippen LogP contribution is -2.28. The maximum atomic E-state index is 12.5. The minimum atomic E-state index is -3.00. The summed E-state index contributed by atoms with van der Waals surface area (Å²) in [6.45, 7) is 37.3. The van der Waals surface area contributed by atoms with Crippen LogP contribution in [0.3, 0.4) is 0 Å². The zero-order valence-electron chi connectivity index (χ0n) is 51.5. The second-order valence-corrected chi connectivity index (χ2v) is 25.6. The fraction of sp³-hybridized carbons (Fsp3) is 1.00. The highest BCUT2D eigenvalue weighted by atomic mass is 31.2. The molecule has 7 atom stereocenters. The van der Waals surface area contributed by atoms with E-state index in [-0.39, 0.29) is 6.10 Å². The van der Waals surface area contributed by atoms with E-state index >= 15 is 0 Å². The number of ether oxygens (including phenoxy) is 9. The Kier molecular flexibility index (Phi) is 54.2. The summed E-state index contributed by atoms with van der Waals surface area (Å²) in [5, 5.41) is 0. The summed E-state index contributed by atoms with van der Waals surface area (Å²) in [7, 11) is -3.00. The maximum absolute atomic E-state index is 12.5. The van der Waals surface area contributed by atoms with Crippen LogP contribution < -0.4 is 0 Å². The van der Waals surface area contributed by atoms with Crippen molar-refractivity contribution in [3.63, 3.8) is 0 Å². The summed E-state index contributed by atoms with van der Waals surface area (Å²) in [4.78, 5) is 0. The third-order valence-corrected chi connectivity index (χ3v) is 16.6. The van der Waals surface area contributed by atoms with Crippen molar-refractivity contribution in [3.05, 3.63) is 0 Å². The standard InChI is InChI=1S/C62H127O12P/c1-13-73-75(63,74-14-2)51-21-36-64-39-40-65-41-42-66-43-44-67-45-46-68-47-48-69-49-50-71-53-62(72-38-35-61(12)33-20-31-59(10)29-18-27-57(8)25-16-23-55(5)6)52-70-37-34-60(11)32-19-30-58(9)28-17-26-56(7)24-15-22-54(3)4/h54-62H,13-53H2,1-12H3. The molecule has 0 aromatic rings. The Balaban J connectivity index is 4.31. The molecule has 0 aliphatic carbocycles. The molecule has 0 heterocycles. The molecule has 0 aliphatic heterocycles. The van der Waals surface area contributed by atoms with Crippen molar-refractivity contribution in [3.8, 4) is 0 Å². The van der Waals surface area contributed by atoms with Gasteiger partial charge in [-0.15, -0.1) is 0 Å². The van der Waals surface area contributed by atoms with Gasteiger partial charge in [-0.3, -0.25) is 4.57 Å². The van der Waals surface area contributed by atoms with Crippen molar-refractivity contribution >= 4 is 7.60 Å². The van der Waals surface area contributed by atoms with E-state index in [2.05, 4.69) is 69.2 Å². The van der Waals surface area contributed by atoms with Crippen molar-refractivity contribution in [1.82, 2.24) is 0 Å². The van der Waals surface area contributed by atoms with E-state index in [0.29, 0.717) is 137 Å². The molecule has 0 fully saturated rings. The molecule has 0 spiro atoms. The first-order valence-corrected chi connectivity index (χ1v) is 33.0. The Hall–Kier alpha value is -0.210. The number of rotatable bonds is 61. The summed E-state index contributed by atoms with van der Waals surface area (Å²) in [5.74, 6) is 6.37. The van der Waals surface area contributed by atoms with Crippen LogP contribution in [-0.4, -0.2) is 138 Å². The van der Waals surface area contributed by atoms with E-state index in [1.165, 1.54) is 116 Å². The topological polar surface area (TPSA) is 119 Å². The highest BCUT2D eigenvalue weighted by molar-refractivity contribution is 7.53. The molecule has 0 N–H and O–H groups in total. The maximum Gasteiger partial charge on any atom is 0.330 e. The molecule has 13 heteroatoms. The lowest BCUT2D eigenvalue weighted by atomic mass is 9.91. The first kappa shape index (κ1) is 74.8. The Morgan fingerprint density at radius 1 is 0.293 bits per heavy atom. The van der Waals surface area contributed by atoms with Gasteiger partial charge in [0.25, 0.3) is 0 Å². The SMILES string of the molecule is CCOP(=O)(CCCOCCOCCOCCOCCOCCOCCOCC(COCCC(C)CCCC(C)CCCC(C)CCCC(C)C)OCCC(C)CCCC(C)CCCC(C)CCCC(C)C)OCC. The van der Waals surface area contributed by atoms with E-state index in [1.807, 2.05) is 13.8 Å². The zero-order chi connectivity index (χ0) is 55.5. The van der Waals surface area contributed by atoms with Gasteiger partial charge < -0.3 is 51.7 Å². The molecule has 0 saturated carbocycles. The molecule has 0 aromatic carbocycles. The monoisotopic (exact) mass is 1090 g/mol. The average molecular weight is 1100 g/mol. The van der Waals surface area contributed by atoms with Gasteiger partial charge in [0.05, 0.1) is 112 Å². The molecule has 0 radical (unpaired) electrons. The Morgan fingerprint density at radius 3 is 0.880 bits per heavy atom. The first-order valence-electron chi connectivity index (χ1n) is 31.3. The highest BCUT2D eigenvalue weighted by Gasteiger charge is 2.22. The molecule has 0 saturated heterocycles. The number of hydrogen-bond donors (Lipinski definition) is 0. The van der Waals surface area contributed by atoms with Crippen molar-refractivity contribution in [1.29, 1.82) is 0 Å². The van der Waals surface area contributed by atoms with Gasteiger partial charge in [0, 0.05) is 19.8 Å². The van der Waals surface area contributed by atoms with Crippen LogP contribution >= 0.6 is 7.60 Å². The quantitative estimate of drug-likeness (QED) is 0.0426. The minimum Gasteiger partial charge on any atom is -0.379 e. The van der Waals surface area contributed by atoms with Crippen LogP contribution in [0.1, 0.15) is 218 Å². The summed E-state index contributed by atoms with van der Waals surface area (Å²) >= 11 is 0. The summed E-state index contributed by atoms with van der Waals surface area (Å²) in [6.07, 6.45) is 27.5.